The smallest absolute Gasteiger partial charge is 0.271 e. The highest BCUT2D eigenvalue weighted by Gasteiger charge is 2.52. The molecular weight excluding hydrogens is 364 g/mol. The van der Waals surface area contributed by atoms with Crippen LogP contribution in [0.4, 0.5) is 5.69 Å². The minimum absolute atomic E-state index is 0.502. The topological polar surface area (TPSA) is 44.9 Å². The van der Waals surface area contributed by atoms with E-state index >= 15 is 0 Å². The molecular formula is C24H31N2O3+. The number of hydrogen-bond donors (Lipinski definition) is 1. The summed E-state index contributed by atoms with van der Waals surface area (Å²) in [6.45, 7) is 5.66. The number of anilines is 1. The second-order valence-electron chi connectivity index (χ2n) is 8.07. The lowest BCUT2D eigenvalue weighted by Crippen LogP contribution is -2.41. The summed E-state index contributed by atoms with van der Waals surface area (Å²) in [7, 11) is 3.26. The molecule has 0 saturated heterocycles. The largest absolute Gasteiger partial charge is 0.493 e. The van der Waals surface area contributed by atoms with Crippen LogP contribution in [-0.4, -0.2) is 42.8 Å². The summed E-state index contributed by atoms with van der Waals surface area (Å²) in [4.78, 5) is 2.32. The fourth-order valence-corrected chi connectivity index (χ4v) is 4.65. The molecule has 0 aromatic heterocycles. The molecule has 0 unspecified atom stereocenters. The van der Waals surface area contributed by atoms with E-state index in [1.54, 1.807) is 14.2 Å². The highest BCUT2D eigenvalue weighted by atomic mass is 16.5. The summed E-state index contributed by atoms with van der Waals surface area (Å²) >= 11 is 0. The van der Waals surface area contributed by atoms with E-state index in [4.69, 9.17) is 9.47 Å². The molecule has 29 heavy (non-hydrogen) atoms. The van der Waals surface area contributed by atoms with Crippen LogP contribution in [0.5, 0.6) is 11.5 Å². The van der Waals surface area contributed by atoms with Crippen LogP contribution in [0.2, 0.25) is 0 Å². The number of β-amino-alcohol motifs (C(OH)–C–C–N with tert-alkyl or cyclic N) is 1. The Kier molecular flexibility index (Phi) is 5.26. The van der Waals surface area contributed by atoms with Crippen molar-refractivity contribution in [2.45, 2.75) is 45.3 Å². The summed E-state index contributed by atoms with van der Waals surface area (Å²) in [5.74, 6) is 2.53. The first-order valence-electron chi connectivity index (χ1n) is 10.4. The van der Waals surface area contributed by atoms with Crippen LogP contribution in [0.3, 0.4) is 0 Å². The zero-order chi connectivity index (χ0) is 20.6. The summed E-state index contributed by atoms with van der Waals surface area (Å²) in [5, 5.41) is 12.0. The Morgan fingerprint density at radius 3 is 2.55 bits per heavy atom. The predicted octanol–water partition coefficient (Wildman–Crippen LogP) is 3.97. The molecule has 5 nitrogen and oxygen atoms in total. The van der Waals surface area contributed by atoms with Crippen LogP contribution in [0, 0.1) is 13.8 Å². The highest BCUT2D eigenvalue weighted by Crippen LogP contribution is 2.39. The van der Waals surface area contributed by atoms with Gasteiger partial charge in [0, 0.05) is 12.0 Å². The van der Waals surface area contributed by atoms with E-state index in [1.165, 1.54) is 29.1 Å². The van der Waals surface area contributed by atoms with Crippen molar-refractivity contribution in [3.63, 3.8) is 0 Å². The van der Waals surface area contributed by atoms with Crippen LogP contribution in [0.1, 0.15) is 42.4 Å². The van der Waals surface area contributed by atoms with Gasteiger partial charge < -0.3 is 14.6 Å². The van der Waals surface area contributed by atoms with E-state index < -0.39 is 5.72 Å². The van der Waals surface area contributed by atoms with Gasteiger partial charge in [-0.2, -0.15) is 0 Å². The number of methoxy groups -OCH3 is 2. The molecule has 0 saturated carbocycles. The third-order valence-corrected chi connectivity index (χ3v) is 6.44. The van der Waals surface area contributed by atoms with E-state index in [0.29, 0.717) is 18.0 Å². The Labute approximate surface area is 173 Å². The van der Waals surface area contributed by atoms with E-state index in [1.807, 2.05) is 18.2 Å². The number of benzene rings is 2. The van der Waals surface area contributed by atoms with E-state index in [0.717, 1.165) is 31.4 Å². The van der Waals surface area contributed by atoms with E-state index in [2.05, 4.69) is 41.5 Å². The molecule has 2 aromatic carbocycles. The Morgan fingerprint density at radius 1 is 1.00 bits per heavy atom. The molecule has 1 atom stereocenters. The van der Waals surface area contributed by atoms with Crippen LogP contribution in [0.25, 0.3) is 0 Å². The van der Waals surface area contributed by atoms with Crippen molar-refractivity contribution in [2.24, 2.45) is 0 Å². The number of amidine groups is 1. The normalized spacial score (nSPS) is 21.8. The van der Waals surface area contributed by atoms with Crippen molar-refractivity contribution in [1.82, 2.24) is 0 Å². The van der Waals surface area contributed by atoms with Gasteiger partial charge in [-0.15, -0.1) is 0 Å². The monoisotopic (exact) mass is 395 g/mol. The maximum Gasteiger partial charge on any atom is 0.271 e. The van der Waals surface area contributed by atoms with Crippen molar-refractivity contribution in [3.8, 4) is 11.5 Å². The predicted molar refractivity (Wildman–Crippen MR) is 115 cm³/mol. The van der Waals surface area contributed by atoms with Gasteiger partial charge in [0.15, 0.2) is 18.0 Å². The van der Waals surface area contributed by atoms with Gasteiger partial charge in [-0.3, -0.25) is 0 Å². The Hall–Kier alpha value is -2.53. The maximum atomic E-state index is 12.0. The molecule has 4 rings (SSSR count). The third-order valence-electron chi connectivity index (χ3n) is 6.44. The molecule has 2 aromatic rings. The molecule has 2 aliphatic heterocycles. The van der Waals surface area contributed by atoms with E-state index in [-0.39, 0.29) is 0 Å². The van der Waals surface area contributed by atoms with Crippen molar-refractivity contribution < 1.29 is 19.2 Å². The average molecular weight is 396 g/mol. The molecule has 0 spiro atoms. The van der Waals surface area contributed by atoms with Gasteiger partial charge in [-0.25, -0.2) is 9.48 Å². The lowest BCUT2D eigenvalue weighted by Gasteiger charge is -2.24. The number of nitrogens with zero attached hydrogens (tertiary/aromatic N) is 2. The quantitative estimate of drug-likeness (QED) is 0.796. The number of aliphatic hydroxyl groups is 1. The van der Waals surface area contributed by atoms with Gasteiger partial charge in [-0.05, 0) is 68.5 Å². The molecule has 1 N–H and O–H groups in total. The van der Waals surface area contributed by atoms with Crippen LogP contribution in [-0.2, 0) is 5.72 Å². The van der Waals surface area contributed by atoms with Gasteiger partial charge in [0.2, 0.25) is 0 Å². The summed E-state index contributed by atoms with van der Waals surface area (Å²) in [6.07, 6.45) is 4.39. The SMILES string of the molecule is COc1ccc([C@]2(O)CN(c3cccc(C)c3C)C3=[N+]2CCCCC3)cc1OC. The van der Waals surface area contributed by atoms with Crippen molar-refractivity contribution in [3.05, 3.63) is 53.1 Å². The molecule has 0 aliphatic carbocycles. The number of ether oxygens (including phenoxy) is 2. The standard InChI is InChI=1S/C24H31N2O3/c1-17-9-8-10-20(18(17)2)25-16-24(27,26-14-7-5-6-11-23(25)26)19-12-13-21(28-3)22(15-19)29-4/h8-10,12-13,15,27H,5-7,11,14,16H2,1-4H3/q+1/t24-/m1/s1. The van der Waals surface area contributed by atoms with Gasteiger partial charge in [0.1, 0.15) is 5.69 Å². The first-order chi connectivity index (χ1) is 14.0. The first-order valence-corrected chi connectivity index (χ1v) is 10.4. The van der Waals surface area contributed by atoms with Crippen molar-refractivity contribution in [1.29, 1.82) is 0 Å². The van der Waals surface area contributed by atoms with E-state index in [9.17, 15) is 5.11 Å². The van der Waals surface area contributed by atoms with Crippen LogP contribution < -0.4 is 14.4 Å². The Balaban J connectivity index is 1.84. The number of hydrogen-bond acceptors (Lipinski definition) is 4. The van der Waals surface area contributed by atoms with Gasteiger partial charge >= 0.3 is 0 Å². The lowest BCUT2D eigenvalue weighted by atomic mass is 10.0. The fraction of sp³-hybridized carbons (Fsp3) is 0.458. The number of aryl methyl sites for hydroxylation is 1. The average Bonchev–Trinajstić information content (AvgIpc) is 2.89. The minimum Gasteiger partial charge on any atom is -0.493 e. The van der Waals surface area contributed by atoms with Gasteiger partial charge in [0.05, 0.1) is 20.8 Å². The second-order valence-corrected chi connectivity index (χ2v) is 8.07. The molecule has 0 bridgehead atoms. The Bertz CT molecular complexity index is 953. The van der Waals surface area contributed by atoms with Crippen molar-refractivity contribution in [2.75, 3.05) is 32.2 Å². The van der Waals surface area contributed by atoms with Crippen molar-refractivity contribution >= 4 is 11.5 Å². The summed E-state index contributed by atoms with van der Waals surface area (Å²) in [5.41, 5.74) is 3.45. The zero-order valence-electron chi connectivity index (χ0n) is 17.9. The molecule has 0 fully saturated rings. The summed E-state index contributed by atoms with van der Waals surface area (Å²) in [6, 6.07) is 12.2. The second kappa shape index (κ2) is 7.71. The molecule has 0 radical (unpaired) electrons. The van der Waals surface area contributed by atoms with Crippen LogP contribution in [0.15, 0.2) is 36.4 Å². The molecule has 2 aliphatic rings. The first kappa shape index (κ1) is 19.8. The number of rotatable bonds is 4. The molecule has 5 heteroatoms. The third kappa shape index (κ3) is 3.27. The van der Waals surface area contributed by atoms with Gasteiger partial charge in [-0.1, -0.05) is 12.1 Å². The molecule has 0 amide bonds. The molecule has 2 heterocycles. The zero-order valence-corrected chi connectivity index (χ0v) is 17.9. The van der Waals surface area contributed by atoms with Gasteiger partial charge in [0.25, 0.3) is 11.6 Å². The minimum atomic E-state index is -1.10. The fourth-order valence-electron chi connectivity index (χ4n) is 4.65. The Morgan fingerprint density at radius 2 is 1.79 bits per heavy atom. The summed E-state index contributed by atoms with van der Waals surface area (Å²) < 4.78 is 13.1. The lowest BCUT2D eigenvalue weighted by molar-refractivity contribution is -0.658. The van der Waals surface area contributed by atoms with Crippen LogP contribution >= 0.6 is 0 Å². The molecule has 154 valence electrons. The maximum absolute atomic E-state index is 12.0. The highest BCUT2D eigenvalue weighted by molar-refractivity contribution is 5.96.